The number of unbranched alkanes of at least 4 members (excludes halogenated alkanes) is 21. The second-order valence-corrected chi connectivity index (χ2v) is 15.0. The fourth-order valence-electron chi connectivity index (χ4n) is 5.55. The van der Waals surface area contributed by atoms with E-state index in [0.29, 0.717) is 6.42 Å². The summed E-state index contributed by atoms with van der Waals surface area (Å²) in [6.07, 6.45) is 37.8. The number of carbonyl (C=O) groups is 2. The lowest BCUT2D eigenvalue weighted by molar-refractivity contribution is -0.161. The van der Waals surface area contributed by atoms with Crippen LogP contribution in [0.1, 0.15) is 187 Å². The molecule has 2 atom stereocenters. The number of carbonyl (C=O) groups excluding carboxylic acids is 2. The van der Waals surface area contributed by atoms with E-state index in [2.05, 4.69) is 38.2 Å². The summed E-state index contributed by atoms with van der Waals surface area (Å²) in [5, 5.41) is 0. The average Bonchev–Trinajstić information content (AvgIpc) is 3.10. The van der Waals surface area contributed by atoms with Gasteiger partial charge in [0.1, 0.15) is 6.61 Å². The van der Waals surface area contributed by atoms with Gasteiger partial charge in [0, 0.05) is 19.4 Å². The maximum atomic E-state index is 12.5. The quantitative estimate of drug-likeness (QED) is 0.0275. The zero-order valence-corrected chi connectivity index (χ0v) is 33.0. The molecule has 0 heterocycles. The Kier molecular flexibility index (Phi) is 36.1. The first-order valence-electron chi connectivity index (χ1n) is 20.3. The van der Waals surface area contributed by atoms with Crippen LogP contribution < -0.4 is 5.73 Å². The first-order valence-corrected chi connectivity index (χ1v) is 21.8. The van der Waals surface area contributed by atoms with E-state index >= 15 is 0 Å². The van der Waals surface area contributed by atoms with Gasteiger partial charge in [0.2, 0.25) is 0 Å². The number of allylic oxidation sites excluding steroid dienone is 4. The zero-order chi connectivity index (χ0) is 36.8. The van der Waals surface area contributed by atoms with E-state index in [1.54, 1.807) is 0 Å². The van der Waals surface area contributed by atoms with Gasteiger partial charge in [-0.25, -0.2) is 4.57 Å². The molecule has 0 aromatic rings. The van der Waals surface area contributed by atoms with Crippen LogP contribution in [0, 0.1) is 0 Å². The van der Waals surface area contributed by atoms with Crippen molar-refractivity contribution in [1.82, 2.24) is 0 Å². The minimum absolute atomic E-state index is 0.0523. The Morgan fingerprint density at radius 1 is 0.600 bits per heavy atom. The van der Waals surface area contributed by atoms with Crippen LogP contribution in [0.15, 0.2) is 24.3 Å². The summed E-state index contributed by atoms with van der Waals surface area (Å²) in [5.41, 5.74) is 5.33. The molecule has 0 saturated heterocycles. The summed E-state index contributed by atoms with van der Waals surface area (Å²) in [5.74, 6) is -0.840. The van der Waals surface area contributed by atoms with Crippen molar-refractivity contribution >= 4 is 19.8 Å². The maximum Gasteiger partial charge on any atom is 0.472 e. The molecule has 0 saturated carbocycles. The number of phosphoric ester groups is 1. The lowest BCUT2D eigenvalue weighted by Gasteiger charge is -2.19. The molecule has 0 aromatic heterocycles. The predicted molar refractivity (Wildman–Crippen MR) is 206 cm³/mol. The number of ether oxygens (including phenoxy) is 2. The van der Waals surface area contributed by atoms with E-state index in [1.165, 1.54) is 89.9 Å². The first-order chi connectivity index (χ1) is 24.3. The number of rotatable bonds is 38. The third-order valence-electron chi connectivity index (χ3n) is 8.57. The maximum absolute atomic E-state index is 12.5. The molecule has 0 spiro atoms. The Balaban J connectivity index is 4.17. The fraction of sp³-hybridized carbons (Fsp3) is 0.850. The fourth-order valence-corrected chi connectivity index (χ4v) is 6.32. The van der Waals surface area contributed by atoms with Crippen LogP contribution in [0.2, 0.25) is 0 Å². The summed E-state index contributed by atoms with van der Waals surface area (Å²) in [6, 6.07) is 0. The number of esters is 2. The lowest BCUT2D eigenvalue weighted by atomic mass is 10.0. The van der Waals surface area contributed by atoms with Gasteiger partial charge < -0.3 is 20.1 Å². The van der Waals surface area contributed by atoms with Crippen molar-refractivity contribution in [2.75, 3.05) is 26.4 Å². The largest absolute Gasteiger partial charge is 0.472 e. The summed E-state index contributed by atoms with van der Waals surface area (Å²) in [4.78, 5) is 34.8. The van der Waals surface area contributed by atoms with E-state index < -0.39 is 26.5 Å². The first kappa shape index (κ1) is 48.5. The van der Waals surface area contributed by atoms with Crippen molar-refractivity contribution in [3.05, 3.63) is 24.3 Å². The van der Waals surface area contributed by atoms with Crippen molar-refractivity contribution in [2.45, 2.75) is 193 Å². The second kappa shape index (κ2) is 37.3. The Labute approximate surface area is 306 Å². The predicted octanol–water partition coefficient (Wildman–Crippen LogP) is 11.2. The highest BCUT2D eigenvalue weighted by Gasteiger charge is 2.26. The van der Waals surface area contributed by atoms with Gasteiger partial charge in [-0.05, 0) is 38.5 Å². The molecule has 0 rings (SSSR count). The third-order valence-corrected chi connectivity index (χ3v) is 9.56. The number of hydrogen-bond donors (Lipinski definition) is 2. The normalized spacial score (nSPS) is 13.6. The van der Waals surface area contributed by atoms with Gasteiger partial charge in [0.25, 0.3) is 0 Å². The highest BCUT2D eigenvalue weighted by molar-refractivity contribution is 7.47. The standard InChI is InChI=1S/C40H76NO8P/c1-3-5-7-9-11-13-15-17-18-19-21-22-24-26-28-30-32-39(42)46-36-38(37-48-50(44,45)47-35-34-41)49-40(43)33-31-29-27-25-23-20-16-14-12-10-8-6-4-2/h8,10,14,16,38H,3-7,9,11-13,15,17-37,41H2,1-2H3,(H,44,45)/b10-8-,16-14-. The SMILES string of the molecule is CCC/C=C\C/C=C\CCCCCCCC(=O)OC(COC(=O)CCCCCCCCCCCCCCCCCC)COP(=O)(O)OCCN. The molecule has 3 N–H and O–H groups in total. The third kappa shape index (κ3) is 36.3. The summed E-state index contributed by atoms with van der Waals surface area (Å²) < 4.78 is 32.7. The van der Waals surface area contributed by atoms with Crippen molar-refractivity contribution in [3.8, 4) is 0 Å². The zero-order valence-electron chi connectivity index (χ0n) is 32.1. The minimum atomic E-state index is -4.37. The molecule has 2 unspecified atom stereocenters. The number of nitrogens with two attached hydrogens (primary N) is 1. The molecular formula is C40H76NO8P. The van der Waals surface area contributed by atoms with Crippen molar-refractivity contribution in [1.29, 1.82) is 0 Å². The molecule has 0 fully saturated rings. The highest BCUT2D eigenvalue weighted by Crippen LogP contribution is 2.43. The summed E-state index contributed by atoms with van der Waals surface area (Å²) in [7, 11) is -4.37. The van der Waals surface area contributed by atoms with E-state index in [4.69, 9.17) is 24.3 Å². The molecule has 294 valence electrons. The number of hydrogen-bond acceptors (Lipinski definition) is 8. The minimum Gasteiger partial charge on any atom is -0.462 e. The summed E-state index contributed by atoms with van der Waals surface area (Å²) in [6.45, 7) is 3.66. The van der Waals surface area contributed by atoms with Crippen LogP contribution in [0.3, 0.4) is 0 Å². The topological polar surface area (TPSA) is 134 Å². The molecule has 0 bridgehead atoms. The van der Waals surface area contributed by atoms with Crippen molar-refractivity contribution in [3.63, 3.8) is 0 Å². The van der Waals surface area contributed by atoms with Crippen LogP contribution >= 0.6 is 7.82 Å². The van der Waals surface area contributed by atoms with Gasteiger partial charge in [-0.1, -0.05) is 160 Å². The summed E-state index contributed by atoms with van der Waals surface area (Å²) >= 11 is 0. The molecular weight excluding hydrogens is 653 g/mol. The van der Waals surface area contributed by atoms with Gasteiger partial charge in [-0.3, -0.25) is 18.6 Å². The Morgan fingerprint density at radius 2 is 1.08 bits per heavy atom. The van der Waals surface area contributed by atoms with Gasteiger partial charge in [0.05, 0.1) is 13.2 Å². The van der Waals surface area contributed by atoms with Crippen LogP contribution in [-0.4, -0.2) is 49.3 Å². The molecule has 10 heteroatoms. The van der Waals surface area contributed by atoms with E-state index in [0.717, 1.165) is 64.2 Å². The Morgan fingerprint density at radius 3 is 1.60 bits per heavy atom. The molecule has 0 aliphatic carbocycles. The van der Waals surface area contributed by atoms with Crippen molar-refractivity contribution in [2.24, 2.45) is 5.73 Å². The monoisotopic (exact) mass is 730 g/mol. The molecule has 0 radical (unpaired) electrons. The van der Waals surface area contributed by atoms with Crippen LogP contribution in [-0.2, 0) is 32.7 Å². The molecule has 0 amide bonds. The van der Waals surface area contributed by atoms with Gasteiger partial charge >= 0.3 is 19.8 Å². The molecule has 0 aliphatic rings. The molecule has 50 heavy (non-hydrogen) atoms. The van der Waals surface area contributed by atoms with Crippen LogP contribution in [0.4, 0.5) is 0 Å². The van der Waals surface area contributed by atoms with Gasteiger partial charge in [-0.15, -0.1) is 0 Å². The molecule has 9 nitrogen and oxygen atoms in total. The van der Waals surface area contributed by atoms with Gasteiger partial charge in [0.15, 0.2) is 6.10 Å². The van der Waals surface area contributed by atoms with Crippen LogP contribution in [0.5, 0.6) is 0 Å². The van der Waals surface area contributed by atoms with E-state index in [9.17, 15) is 19.0 Å². The average molecular weight is 730 g/mol. The Bertz CT molecular complexity index is 881. The van der Waals surface area contributed by atoms with Crippen molar-refractivity contribution < 1.29 is 37.6 Å². The molecule has 0 aromatic carbocycles. The number of phosphoric acid groups is 1. The second-order valence-electron chi connectivity index (χ2n) is 13.5. The smallest absolute Gasteiger partial charge is 0.462 e. The van der Waals surface area contributed by atoms with E-state index in [-0.39, 0.29) is 38.6 Å². The lowest BCUT2D eigenvalue weighted by Crippen LogP contribution is -2.29. The molecule has 0 aliphatic heterocycles. The van der Waals surface area contributed by atoms with E-state index in [1.807, 2.05) is 0 Å². The highest BCUT2D eigenvalue weighted by atomic mass is 31.2. The Hall–Kier alpha value is -1.51. The van der Waals surface area contributed by atoms with Gasteiger partial charge in [-0.2, -0.15) is 0 Å². The van der Waals surface area contributed by atoms with Crippen LogP contribution in [0.25, 0.3) is 0 Å².